The lowest BCUT2D eigenvalue weighted by Crippen LogP contribution is -2.28. The first-order valence-corrected chi connectivity index (χ1v) is 8.44. The molecule has 0 fully saturated rings. The van der Waals surface area contributed by atoms with Crippen molar-refractivity contribution in [2.45, 2.75) is 13.5 Å². The lowest BCUT2D eigenvalue weighted by Gasteiger charge is -2.10. The Morgan fingerprint density at radius 3 is 2.50 bits per heavy atom. The molecule has 0 aliphatic rings. The molecule has 2 aromatic heterocycles. The Morgan fingerprint density at radius 1 is 1.00 bits per heavy atom. The fraction of sp³-hybridized carbons (Fsp3) is 0.105. The molecule has 0 atom stereocenters. The van der Waals surface area contributed by atoms with Gasteiger partial charge in [0, 0.05) is 10.1 Å². The molecule has 4 rings (SSSR count). The van der Waals surface area contributed by atoms with E-state index < -0.39 is 0 Å². The van der Waals surface area contributed by atoms with Crippen molar-refractivity contribution < 1.29 is 0 Å². The molecule has 4 nitrogen and oxygen atoms in total. The van der Waals surface area contributed by atoms with Crippen LogP contribution in [0.1, 0.15) is 11.4 Å². The van der Waals surface area contributed by atoms with Gasteiger partial charge < -0.3 is 0 Å². The van der Waals surface area contributed by atoms with E-state index in [4.69, 9.17) is 0 Å². The standard InChI is InChI=1S/C19H14N2O2S/c1-12-20-18-16(17(22)14-9-5-6-10-15(14)24-18)19(23)21(12)11-13-7-3-2-4-8-13/h2-10H,11H2,1H3. The average Bonchev–Trinajstić information content (AvgIpc) is 2.59. The summed E-state index contributed by atoms with van der Waals surface area (Å²) in [4.78, 5) is 30.8. The molecule has 2 aromatic carbocycles. The summed E-state index contributed by atoms with van der Waals surface area (Å²) in [7, 11) is 0. The fourth-order valence-electron chi connectivity index (χ4n) is 2.84. The van der Waals surface area contributed by atoms with E-state index in [1.807, 2.05) is 48.5 Å². The van der Waals surface area contributed by atoms with Gasteiger partial charge in [0.05, 0.1) is 6.54 Å². The van der Waals surface area contributed by atoms with Gasteiger partial charge in [-0.05, 0) is 24.6 Å². The zero-order valence-corrected chi connectivity index (χ0v) is 13.8. The summed E-state index contributed by atoms with van der Waals surface area (Å²) < 4.78 is 2.42. The molecule has 0 bridgehead atoms. The highest BCUT2D eigenvalue weighted by Gasteiger charge is 2.14. The van der Waals surface area contributed by atoms with Gasteiger partial charge in [-0.1, -0.05) is 42.5 Å². The van der Waals surface area contributed by atoms with Crippen LogP contribution in [-0.2, 0) is 6.54 Å². The number of benzene rings is 2. The third kappa shape index (κ3) is 2.34. The first-order chi connectivity index (χ1) is 11.6. The van der Waals surface area contributed by atoms with E-state index >= 15 is 0 Å². The maximum Gasteiger partial charge on any atom is 0.266 e. The van der Waals surface area contributed by atoms with E-state index in [-0.39, 0.29) is 16.4 Å². The van der Waals surface area contributed by atoms with Crippen molar-refractivity contribution in [3.63, 3.8) is 0 Å². The first kappa shape index (κ1) is 14.8. The highest BCUT2D eigenvalue weighted by Crippen LogP contribution is 2.21. The third-order valence-electron chi connectivity index (χ3n) is 4.08. The number of hydrogen-bond donors (Lipinski definition) is 0. The van der Waals surface area contributed by atoms with Crippen molar-refractivity contribution in [2.75, 3.05) is 0 Å². The summed E-state index contributed by atoms with van der Waals surface area (Å²) in [5, 5.41) is 0.754. The maximum absolute atomic E-state index is 12.9. The molecular formula is C19H14N2O2S. The van der Waals surface area contributed by atoms with E-state index in [2.05, 4.69) is 4.98 Å². The summed E-state index contributed by atoms with van der Waals surface area (Å²) in [5.74, 6) is 0.613. The molecule has 0 amide bonds. The number of fused-ring (bicyclic) bond motifs is 2. The number of aryl methyl sites for hydroxylation is 1. The van der Waals surface area contributed by atoms with Gasteiger partial charge in [0.25, 0.3) is 5.56 Å². The molecule has 5 heteroatoms. The lowest BCUT2D eigenvalue weighted by atomic mass is 10.2. The van der Waals surface area contributed by atoms with Crippen LogP contribution in [0.3, 0.4) is 0 Å². The second-order valence-corrected chi connectivity index (χ2v) is 6.67. The van der Waals surface area contributed by atoms with Crippen LogP contribution in [0.2, 0.25) is 0 Å². The minimum Gasteiger partial charge on any atom is -0.292 e. The van der Waals surface area contributed by atoms with Gasteiger partial charge >= 0.3 is 0 Å². The molecule has 118 valence electrons. The monoisotopic (exact) mass is 334 g/mol. The van der Waals surface area contributed by atoms with Crippen LogP contribution in [0.4, 0.5) is 0 Å². The van der Waals surface area contributed by atoms with E-state index in [0.29, 0.717) is 22.6 Å². The highest BCUT2D eigenvalue weighted by molar-refractivity contribution is 7.24. The molecule has 0 unspecified atom stereocenters. The lowest BCUT2D eigenvalue weighted by molar-refractivity contribution is 0.713. The Bertz CT molecular complexity index is 1180. The summed E-state index contributed by atoms with van der Waals surface area (Å²) >= 11 is 1.38. The number of nitrogens with zero attached hydrogens (tertiary/aromatic N) is 2. The average molecular weight is 334 g/mol. The number of rotatable bonds is 2. The smallest absolute Gasteiger partial charge is 0.266 e. The predicted octanol–water partition coefficient (Wildman–Crippen LogP) is 3.33. The topological polar surface area (TPSA) is 52.0 Å². The van der Waals surface area contributed by atoms with Crippen molar-refractivity contribution in [1.29, 1.82) is 0 Å². The maximum atomic E-state index is 12.9. The second kappa shape index (κ2) is 5.69. The van der Waals surface area contributed by atoms with E-state index in [1.54, 1.807) is 17.6 Å². The fourth-order valence-corrected chi connectivity index (χ4v) is 3.92. The predicted molar refractivity (Wildman–Crippen MR) is 97.9 cm³/mol. The molecular weight excluding hydrogens is 320 g/mol. The molecule has 4 aromatic rings. The van der Waals surface area contributed by atoms with E-state index in [0.717, 1.165) is 10.3 Å². The summed E-state index contributed by atoms with van der Waals surface area (Å²) in [6.45, 7) is 2.21. The Balaban J connectivity index is 2.03. The highest BCUT2D eigenvalue weighted by atomic mass is 32.1. The Labute approximate surface area is 141 Å². The van der Waals surface area contributed by atoms with Gasteiger partial charge in [0.15, 0.2) is 0 Å². The largest absolute Gasteiger partial charge is 0.292 e. The first-order valence-electron chi connectivity index (χ1n) is 7.62. The van der Waals surface area contributed by atoms with Gasteiger partial charge in [-0.3, -0.25) is 14.2 Å². The van der Waals surface area contributed by atoms with Crippen LogP contribution in [-0.4, -0.2) is 9.55 Å². The molecule has 24 heavy (non-hydrogen) atoms. The van der Waals surface area contributed by atoms with Gasteiger partial charge in [-0.25, -0.2) is 4.98 Å². The SMILES string of the molecule is Cc1nc2sc3ccccc3c(=O)c2c(=O)n1Cc1ccccc1. The minimum atomic E-state index is -0.270. The summed E-state index contributed by atoms with van der Waals surface area (Å²) in [6, 6.07) is 17.0. The summed E-state index contributed by atoms with van der Waals surface area (Å²) in [6.07, 6.45) is 0. The Hall–Kier alpha value is -2.79. The second-order valence-electron chi connectivity index (χ2n) is 5.64. The quantitative estimate of drug-likeness (QED) is 0.528. The van der Waals surface area contributed by atoms with Crippen LogP contribution in [0.25, 0.3) is 20.3 Å². The zero-order valence-electron chi connectivity index (χ0n) is 13.0. The normalized spacial score (nSPS) is 11.2. The number of hydrogen-bond acceptors (Lipinski definition) is 4. The van der Waals surface area contributed by atoms with Crippen LogP contribution in [0.15, 0.2) is 64.2 Å². The molecule has 0 radical (unpaired) electrons. The zero-order chi connectivity index (χ0) is 16.7. The Morgan fingerprint density at radius 2 is 1.71 bits per heavy atom. The number of aromatic nitrogens is 2. The van der Waals surface area contributed by atoms with Crippen molar-refractivity contribution in [3.05, 3.63) is 86.6 Å². The van der Waals surface area contributed by atoms with E-state index in [1.165, 1.54) is 11.3 Å². The van der Waals surface area contributed by atoms with Gasteiger partial charge in [0.2, 0.25) is 5.43 Å². The molecule has 0 N–H and O–H groups in total. The third-order valence-corrected chi connectivity index (χ3v) is 5.14. The molecule has 0 saturated heterocycles. The molecule has 0 spiro atoms. The van der Waals surface area contributed by atoms with Gasteiger partial charge in [-0.15, -0.1) is 11.3 Å². The van der Waals surface area contributed by atoms with Crippen molar-refractivity contribution in [3.8, 4) is 0 Å². The van der Waals surface area contributed by atoms with Crippen LogP contribution in [0, 0.1) is 6.92 Å². The van der Waals surface area contributed by atoms with Crippen LogP contribution >= 0.6 is 11.3 Å². The van der Waals surface area contributed by atoms with Crippen molar-refractivity contribution in [1.82, 2.24) is 9.55 Å². The van der Waals surface area contributed by atoms with Gasteiger partial charge in [-0.2, -0.15) is 0 Å². The van der Waals surface area contributed by atoms with Crippen molar-refractivity contribution in [2.24, 2.45) is 0 Å². The molecule has 0 saturated carbocycles. The van der Waals surface area contributed by atoms with Crippen molar-refractivity contribution >= 4 is 31.6 Å². The molecule has 2 heterocycles. The van der Waals surface area contributed by atoms with Crippen LogP contribution < -0.4 is 11.0 Å². The Kier molecular flexibility index (Phi) is 3.50. The molecule has 0 aliphatic carbocycles. The van der Waals surface area contributed by atoms with E-state index in [9.17, 15) is 9.59 Å². The summed E-state index contributed by atoms with van der Waals surface area (Å²) in [5.41, 5.74) is 0.493. The minimum absolute atomic E-state index is 0.181. The van der Waals surface area contributed by atoms with Crippen LogP contribution in [0.5, 0.6) is 0 Å². The van der Waals surface area contributed by atoms with Gasteiger partial charge in [0.1, 0.15) is 16.0 Å². The molecule has 0 aliphatic heterocycles.